The molecule has 0 aromatic heterocycles. The molecule has 0 N–H and O–H groups in total. The molecule has 1 unspecified atom stereocenters. The highest BCUT2D eigenvalue weighted by molar-refractivity contribution is 9.10. The molecule has 0 bridgehead atoms. The van der Waals surface area contributed by atoms with E-state index in [0.29, 0.717) is 21.8 Å². The highest BCUT2D eigenvalue weighted by Gasteiger charge is 2.28. The summed E-state index contributed by atoms with van der Waals surface area (Å²) in [7, 11) is -3.28. The van der Waals surface area contributed by atoms with Gasteiger partial charge in [-0.15, -0.1) is 0 Å². The van der Waals surface area contributed by atoms with Crippen molar-refractivity contribution in [2.24, 2.45) is 0 Å². The molecule has 0 saturated heterocycles. The van der Waals surface area contributed by atoms with Crippen LogP contribution in [0.1, 0.15) is 18.9 Å². The van der Waals surface area contributed by atoms with Crippen LogP contribution in [0, 0.1) is 0 Å². The fraction of sp³-hybridized carbons (Fsp3) is 0.316. The van der Waals surface area contributed by atoms with Crippen LogP contribution >= 0.6 is 27.5 Å². The van der Waals surface area contributed by atoms with Gasteiger partial charge in [0.2, 0.25) is 0 Å². The largest absolute Gasteiger partial charge is 0.480 e. The highest BCUT2D eigenvalue weighted by Crippen LogP contribution is 2.32. The molecule has 0 fully saturated rings. The Morgan fingerprint density at radius 1 is 1.26 bits per heavy atom. The summed E-state index contributed by atoms with van der Waals surface area (Å²) in [6, 6.07) is 10.0. The third kappa shape index (κ3) is 4.47. The maximum Gasteiger partial charge on any atom is 0.267 e. The fourth-order valence-electron chi connectivity index (χ4n) is 3.06. The minimum atomic E-state index is -3.28. The van der Waals surface area contributed by atoms with Crippen LogP contribution in [-0.4, -0.2) is 33.2 Å². The monoisotopic (exact) mass is 471 g/mol. The third-order valence-corrected chi connectivity index (χ3v) is 6.37. The molecule has 1 heterocycles. The lowest BCUT2D eigenvalue weighted by Crippen LogP contribution is -2.43. The molecule has 1 atom stereocenters. The van der Waals surface area contributed by atoms with E-state index >= 15 is 0 Å². The number of sulfone groups is 1. The van der Waals surface area contributed by atoms with Crippen LogP contribution in [0.4, 0.5) is 5.69 Å². The molecule has 144 valence electrons. The van der Waals surface area contributed by atoms with Crippen molar-refractivity contribution in [3.05, 3.63) is 51.5 Å². The van der Waals surface area contributed by atoms with Gasteiger partial charge in [-0.05, 0) is 77.7 Å². The number of amides is 1. The fourth-order valence-corrected chi connectivity index (χ4v) is 4.51. The number of benzene rings is 2. The zero-order chi connectivity index (χ0) is 19.8. The minimum Gasteiger partial charge on any atom is -0.480 e. The lowest BCUT2D eigenvalue weighted by molar-refractivity contribution is -0.124. The van der Waals surface area contributed by atoms with Gasteiger partial charge in [0.25, 0.3) is 5.91 Å². The number of carbonyl (C=O) groups is 1. The van der Waals surface area contributed by atoms with Crippen molar-refractivity contribution in [1.82, 2.24) is 0 Å². The van der Waals surface area contributed by atoms with E-state index in [2.05, 4.69) is 15.9 Å². The summed E-state index contributed by atoms with van der Waals surface area (Å²) in [5.74, 6) is 0.356. The van der Waals surface area contributed by atoms with E-state index in [-0.39, 0.29) is 10.8 Å². The Balaban J connectivity index is 1.83. The van der Waals surface area contributed by atoms with Crippen molar-refractivity contribution >= 4 is 49.0 Å². The van der Waals surface area contributed by atoms with E-state index in [0.717, 1.165) is 24.1 Å². The van der Waals surface area contributed by atoms with Crippen LogP contribution in [0.2, 0.25) is 5.02 Å². The summed E-state index contributed by atoms with van der Waals surface area (Å²) in [4.78, 5) is 14.9. The molecule has 27 heavy (non-hydrogen) atoms. The summed E-state index contributed by atoms with van der Waals surface area (Å²) in [6.45, 7) is 2.27. The molecule has 1 aliphatic rings. The molecule has 2 aromatic carbocycles. The second-order valence-electron chi connectivity index (χ2n) is 6.49. The first-order chi connectivity index (χ1) is 12.7. The zero-order valence-electron chi connectivity index (χ0n) is 14.9. The maximum atomic E-state index is 13.0. The van der Waals surface area contributed by atoms with E-state index in [1.807, 2.05) is 0 Å². The summed E-state index contributed by atoms with van der Waals surface area (Å²) in [6.07, 6.45) is 1.98. The third-order valence-electron chi connectivity index (χ3n) is 4.41. The van der Waals surface area contributed by atoms with E-state index in [4.69, 9.17) is 16.3 Å². The zero-order valence-corrected chi connectivity index (χ0v) is 18.1. The lowest BCUT2D eigenvalue weighted by Gasteiger charge is -2.31. The number of nitrogens with zero attached hydrogens (tertiary/aromatic N) is 1. The predicted octanol–water partition coefficient (Wildman–Crippen LogP) is 4.25. The molecule has 1 amide bonds. The van der Waals surface area contributed by atoms with E-state index in [1.54, 1.807) is 48.2 Å². The number of rotatable bonds is 4. The number of hydrogen-bond donors (Lipinski definition) is 0. The molecule has 0 radical (unpaired) electrons. The van der Waals surface area contributed by atoms with Gasteiger partial charge in [0.05, 0.1) is 9.37 Å². The van der Waals surface area contributed by atoms with E-state index in [9.17, 15) is 13.2 Å². The second kappa shape index (κ2) is 7.81. The van der Waals surface area contributed by atoms with Crippen molar-refractivity contribution in [3.8, 4) is 5.75 Å². The Labute approximate surface area is 172 Å². The first kappa shape index (κ1) is 20.2. The van der Waals surface area contributed by atoms with Gasteiger partial charge in [-0.1, -0.05) is 11.6 Å². The van der Waals surface area contributed by atoms with Gasteiger partial charge in [0, 0.05) is 23.5 Å². The number of anilines is 1. The second-order valence-corrected chi connectivity index (χ2v) is 9.80. The smallest absolute Gasteiger partial charge is 0.267 e. The SMILES string of the molecule is CC(Oc1ccc(Cl)cc1Br)C(=O)N1CCCc2cc(S(C)(=O)=O)ccc21. The first-order valence-electron chi connectivity index (χ1n) is 8.43. The summed E-state index contributed by atoms with van der Waals surface area (Å²) in [5.41, 5.74) is 1.60. The van der Waals surface area contributed by atoms with Crippen molar-refractivity contribution < 1.29 is 17.9 Å². The van der Waals surface area contributed by atoms with E-state index in [1.165, 1.54) is 6.26 Å². The minimum absolute atomic E-state index is 0.176. The number of ether oxygens (including phenoxy) is 1. The number of carbonyl (C=O) groups excluding carboxylic acids is 1. The van der Waals surface area contributed by atoms with Crippen molar-refractivity contribution in [3.63, 3.8) is 0 Å². The van der Waals surface area contributed by atoms with Crippen LogP contribution < -0.4 is 9.64 Å². The van der Waals surface area contributed by atoms with Crippen LogP contribution in [0.25, 0.3) is 0 Å². The number of aryl methyl sites for hydroxylation is 1. The Bertz CT molecular complexity index is 993. The van der Waals surface area contributed by atoms with E-state index < -0.39 is 15.9 Å². The first-order valence-corrected chi connectivity index (χ1v) is 11.5. The van der Waals surface area contributed by atoms with Crippen LogP contribution in [0.3, 0.4) is 0 Å². The average molecular weight is 473 g/mol. The molecular formula is C19H19BrClNO4S. The summed E-state index contributed by atoms with van der Waals surface area (Å²) in [5, 5.41) is 0.569. The number of halogens is 2. The Morgan fingerprint density at radius 2 is 2.00 bits per heavy atom. The van der Waals surface area contributed by atoms with Crippen molar-refractivity contribution in [1.29, 1.82) is 0 Å². The number of hydrogen-bond acceptors (Lipinski definition) is 4. The van der Waals surface area contributed by atoms with Gasteiger partial charge in [-0.2, -0.15) is 0 Å². The quantitative estimate of drug-likeness (QED) is 0.667. The van der Waals surface area contributed by atoms with Gasteiger partial charge in [0.1, 0.15) is 5.75 Å². The molecule has 0 spiro atoms. The number of fused-ring (bicyclic) bond motifs is 1. The van der Waals surface area contributed by atoms with Gasteiger partial charge < -0.3 is 9.64 Å². The molecular weight excluding hydrogens is 454 g/mol. The molecule has 2 aromatic rings. The Hall–Kier alpha value is -1.57. The normalized spacial score (nSPS) is 15.2. The van der Waals surface area contributed by atoms with Gasteiger partial charge in [-0.3, -0.25) is 4.79 Å². The molecule has 0 aliphatic carbocycles. The summed E-state index contributed by atoms with van der Waals surface area (Å²) < 4.78 is 30.1. The van der Waals surface area contributed by atoms with Gasteiger partial charge in [-0.25, -0.2) is 8.42 Å². The topological polar surface area (TPSA) is 63.7 Å². The highest BCUT2D eigenvalue weighted by atomic mass is 79.9. The molecule has 5 nitrogen and oxygen atoms in total. The molecule has 1 aliphatic heterocycles. The van der Waals surface area contributed by atoms with Crippen LogP contribution in [-0.2, 0) is 21.1 Å². The predicted molar refractivity (Wildman–Crippen MR) is 109 cm³/mol. The Kier molecular flexibility index (Phi) is 5.84. The standard InChI is InChI=1S/C19H19BrClNO4S/c1-12(26-18-8-5-14(21)11-16(18)20)19(23)22-9-3-4-13-10-15(27(2,24)25)6-7-17(13)22/h5-8,10-12H,3-4,9H2,1-2H3. The van der Waals surface area contributed by atoms with Crippen LogP contribution in [0.5, 0.6) is 5.75 Å². The molecule has 8 heteroatoms. The van der Waals surface area contributed by atoms with Crippen LogP contribution in [0.15, 0.2) is 45.8 Å². The van der Waals surface area contributed by atoms with Gasteiger partial charge in [0.15, 0.2) is 15.9 Å². The van der Waals surface area contributed by atoms with Gasteiger partial charge >= 0.3 is 0 Å². The Morgan fingerprint density at radius 3 is 2.67 bits per heavy atom. The van der Waals surface area contributed by atoms with Crippen molar-refractivity contribution in [2.45, 2.75) is 30.8 Å². The molecule has 0 saturated carbocycles. The molecule has 3 rings (SSSR count). The average Bonchev–Trinajstić information content (AvgIpc) is 2.61. The summed E-state index contributed by atoms with van der Waals surface area (Å²) >= 11 is 9.32. The lowest BCUT2D eigenvalue weighted by atomic mass is 10.0. The van der Waals surface area contributed by atoms with Crippen molar-refractivity contribution in [2.75, 3.05) is 17.7 Å². The maximum absolute atomic E-state index is 13.0.